The van der Waals surface area contributed by atoms with Crippen LogP contribution >= 0.6 is 0 Å². The first-order valence-corrected chi connectivity index (χ1v) is 7.55. The van der Waals surface area contributed by atoms with Crippen molar-refractivity contribution in [3.05, 3.63) is 28.4 Å². The predicted molar refractivity (Wildman–Crippen MR) is 69.4 cm³/mol. The Labute approximate surface area is 116 Å². The fourth-order valence-corrected chi connectivity index (χ4v) is 3.60. The molecule has 1 saturated heterocycles. The maximum Gasteiger partial charge on any atom is 0.363 e. The molecule has 1 aliphatic rings. The Balaban J connectivity index is 2.24. The predicted octanol–water partition coefficient (Wildman–Crippen LogP) is 0.381. The maximum atomic E-state index is 12.4. The van der Waals surface area contributed by atoms with Gasteiger partial charge in [-0.2, -0.15) is 4.31 Å². The Morgan fingerprint density at radius 2 is 2.20 bits per heavy atom. The van der Waals surface area contributed by atoms with E-state index in [1.165, 1.54) is 10.4 Å². The number of sulfonamides is 1. The molecule has 0 amide bonds. The summed E-state index contributed by atoms with van der Waals surface area (Å²) in [6.45, 7) is 2.23. The number of nitrogens with zero attached hydrogens (tertiary/aromatic N) is 3. The van der Waals surface area contributed by atoms with E-state index in [2.05, 4.69) is 4.98 Å². The van der Waals surface area contributed by atoms with Crippen LogP contribution < -0.4 is 0 Å². The molecular formula is C11H15N3O5S. The van der Waals surface area contributed by atoms with E-state index >= 15 is 0 Å². The van der Waals surface area contributed by atoms with E-state index in [0.29, 0.717) is 6.42 Å². The van der Waals surface area contributed by atoms with Crippen molar-refractivity contribution < 1.29 is 18.4 Å². The fraction of sp³-hybridized carbons (Fsp3) is 0.545. The summed E-state index contributed by atoms with van der Waals surface area (Å²) in [5.74, 6) is -0.545. The highest BCUT2D eigenvalue weighted by molar-refractivity contribution is 7.89. The summed E-state index contributed by atoms with van der Waals surface area (Å²) in [5.41, 5.74) is 0. The van der Waals surface area contributed by atoms with E-state index in [1.54, 1.807) is 6.92 Å². The van der Waals surface area contributed by atoms with E-state index < -0.39 is 26.9 Å². The Morgan fingerprint density at radius 1 is 1.50 bits per heavy atom. The van der Waals surface area contributed by atoms with Crippen molar-refractivity contribution in [2.24, 2.45) is 5.92 Å². The van der Waals surface area contributed by atoms with E-state index in [9.17, 15) is 23.6 Å². The second kappa shape index (κ2) is 5.43. The first-order valence-electron chi connectivity index (χ1n) is 6.11. The van der Waals surface area contributed by atoms with Crippen LogP contribution in [0.25, 0.3) is 0 Å². The number of rotatable bonds is 3. The van der Waals surface area contributed by atoms with Crippen LogP contribution in [0.4, 0.5) is 5.82 Å². The number of aliphatic hydroxyl groups is 1. The van der Waals surface area contributed by atoms with Crippen molar-refractivity contribution in [1.82, 2.24) is 9.29 Å². The number of hydrogen-bond acceptors (Lipinski definition) is 6. The van der Waals surface area contributed by atoms with Gasteiger partial charge < -0.3 is 15.2 Å². The highest BCUT2D eigenvalue weighted by atomic mass is 32.2. The lowest BCUT2D eigenvalue weighted by atomic mass is 9.99. The molecule has 2 atom stereocenters. The molecule has 1 fully saturated rings. The van der Waals surface area contributed by atoms with Gasteiger partial charge in [0.1, 0.15) is 4.90 Å². The molecule has 20 heavy (non-hydrogen) atoms. The first-order chi connectivity index (χ1) is 9.32. The van der Waals surface area contributed by atoms with Gasteiger partial charge in [-0.05, 0) is 28.3 Å². The third kappa shape index (κ3) is 2.79. The minimum absolute atomic E-state index is 0.0771. The van der Waals surface area contributed by atoms with Crippen LogP contribution in [0.15, 0.2) is 23.2 Å². The molecule has 110 valence electrons. The summed E-state index contributed by atoms with van der Waals surface area (Å²) in [6.07, 6.45) is 0.862. The molecule has 1 N–H and O–H groups in total. The molecule has 0 aliphatic carbocycles. The molecule has 0 saturated carbocycles. The van der Waals surface area contributed by atoms with Crippen LogP contribution in [-0.2, 0) is 10.0 Å². The van der Waals surface area contributed by atoms with Gasteiger partial charge in [-0.1, -0.05) is 6.92 Å². The van der Waals surface area contributed by atoms with E-state index in [1.807, 2.05) is 0 Å². The second-order valence-corrected chi connectivity index (χ2v) is 6.74. The van der Waals surface area contributed by atoms with Gasteiger partial charge in [0.15, 0.2) is 6.20 Å². The largest absolute Gasteiger partial charge is 0.393 e. The molecule has 2 unspecified atom stereocenters. The standard InChI is InChI=1S/C11H15N3O5S/c1-8-7-13(5-4-10(8)15)20(18,19)9-2-3-11(12-6-9)14(16)17/h2-3,6,8,10,15H,4-5,7H2,1H3. The molecule has 1 aliphatic heterocycles. The summed E-state index contributed by atoms with van der Waals surface area (Å²) in [5, 5.41) is 20.1. The van der Waals surface area contributed by atoms with Gasteiger partial charge in [-0.3, -0.25) is 0 Å². The van der Waals surface area contributed by atoms with Crippen LogP contribution in [-0.4, -0.2) is 46.9 Å². The molecule has 1 aromatic rings. The minimum atomic E-state index is -3.72. The molecule has 0 bridgehead atoms. The van der Waals surface area contributed by atoms with Gasteiger partial charge in [-0.25, -0.2) is 8.42 Å². The summed E-state index contributed by atoms with van der Waals surface area (Å²) in [6, 6.07) is 2.24. The fourth-order valence-electron chi connectivity index (χ4n) is 2.10. The summed E-state index contributed by atoms with van der Waals surface area (Å²) in [4.78, 5) is 13.3. The van der Waals surface area contributed by atoms with Crippen LogP contribution in [0.3, 0.4) is 0 Å². The zero-order chi connectivity index (χ0) is 14.9. The molecular weight excluding hydrogens is 286 g/mol. The average molecular weight is 301 g/mol. The highest BCUT2D eigenvalue weighted by Crippen LogP contribution is 2.24. The molecule has 1 aromatic heterocycles. The molecule has 8 nitrogen and oxygen atoms in total. The third-order valence-corrected chi connectivity index (χ3v) is 5.22. The van der Waals surface area contributed by atoms with E-state index in [0.717, 1.165) is 12.3 Å². The number of nitro groups is 1. The molecule has 2 heterocycles. The number of aliphatic hydroxyl groups excluding tert-OH is 1. The van der Waals surface area contributed by atoms with Gasteiger partial charge in [0.25, 0.3) is 0 Å². The molecule has 0 spiro atoms. The lowest BCUT2D eigenvalue weighted by Crippen LogP contribution is -2.44. The molecule has 0 radical (unpaired) electrons. The quantitative estimate of drug-likeness (QED) is 0.637. The normalized spacial score (nSPS) is 24.5. The monoisotopic (exact) mass is 301 g/mol. The van der Waals surface area contributed by atoms with Gasteiger partial charge >= 0.3 is 5.82 Å². The lowest BCUT2D eigenvalue weighted by Gasteiger charge is -2.33. The third-order valence-electron chi connectivity index (χ3n) is 3.37. The van der Waals surface area contributed by atoms with Crippen LogP contribution in [0.5, 0.6) is 0 Å². The Kier molecular flexibility index (Phi) is 4.02. The van der Waals surface area contributed by atoms with Crippen molar-refractivity contribution >= 4 is 15.8 Å². The van der Waals surface area contributed by atoms with Gasteiger partial charge in [0.2, 0.25) is 10.0 Å². The Bertz CT molecular complexity index is 601. The second-order valence-electron chi connectivity index (χ2n) is 4.81. The van der Waals surface area contributed by atoms with Crippen molar-refractivity contribution in [3.8, 4) is 0 Å². The summed E-state index contributed by atoms with van der Waals surface area (Å²) < 4.78 is 26.0. The van der Waals surface area contributed by atoms with E-state index in [4.69, 9.17) is 0 Å². The van der Waals surface area contributed by atoms with Crippen LogP contribution in [0.2, 0.25) is 0 Å². The highest BCUT2D eigenvalue weighted by Gasteiger charge is 2.33. The summed E-state index contributed by atoms with van der Waals surface area (Å²) in [7, 11) is -3.72. The Hall–Kier alpha value is -1.58. The minimum Gasteiger partial charge on any atom is -0.393 e. The van der Waals surface area contributed by atoms with Gasteiger partial charge in [0.05, 0.1) is 6.10 Å². The topological polar surface area (TPSA) is 114 Å². The van der Waals surface area contributed by atoms with Crippen molar-refractivity contribution in [1.29, 1.82) is 0 Å². The van der Waals surface area contributed by atoms with Crippen LogP contribution in [0.1, 0.15) is 13.3 Å². The molecule has 0 aromatic carbocycles. The zero-order valence-corrected chi connectivity index (χ0v) is 11.7. The van der Waals surface area contributed by atoms with Gasteiger partial charge in [-0.15, -0.1) is 0 Å². The summed E-state index contributed by atoms with van der Waals surface area (Å²) >= 11 is 0. The average Bonchev–Trinajstić information content (AvgIpc) is 2.41. The number of pyridine rings is 1. The molecule has 9 heteroatoms. The van der Waals surface area contributed by atoms with E-state index in [-0.39, 0.29) is 23.9 Å². The van der Waals surface area contributed by atoms with Crippen molar-refractivity contribution in [2.75, 3.05) is 13.1 Å². The lowest BCUT2D eigenvalue weighted by molar-refractivity contribution is -0.389. The maximum absolute atomic E-state index is 12.4. The van der Waals surface area contributed by atoms with Crippen molar-refractivity contribution in [3.63, 3.8) is 0 Å². The smallest absolute Gasteiger partial charge is 0.363 e. The first kappa shape index (κ1) is 14.8. The van der Waals surface area contributed by atoms with Crippen LogP contribution in [0, 0.1) is 16.0 Å². The zero-order valence-electron chi connectivity index (χ0n) is 10.8. The number of aromatic nitrogens is 1. The number of piperidine rings is 1. The van der Waals surface area contributed by atoms with Crippen molar-refractivity contribution in [2.45, 2.75) is 24.3 Å². The SMILES string of the molecule is CC1CN(S(=O)(=O)c2ccc([N+](=O)[O-])nc2)CCC1O. The Morgan fingerprint density at radius 3 is 2.70 bits per heavy atom. The molecule has 2 rings (SSSR count). The van der Waals surface area contributed by atoms with Gasteiger partial charge in [0, 0.05) is 19.2 Å². The number of hydrogen-bond donors (Lipinski definition) is 1.